The van der Waals surface area contributed by atoms with Gasteiger partial charge in [-0.2, -0.15) is 4.98 Å². The van der Waals surface area contributed by atoms with Crippen LogP contribution in [0.3, 0.4) is 0 Å². The number of aromatic nitrogens is 4. The van der Waals surface area contributed by atoms with E-state index in [9.17, 15) is 0 Å². The van der Waals surface area contributed by atoms with E-state index in [2.05, 4.69) is 37.5 Å². The molecule has 1 unspecified atom stereocenters. The zero-order valence-corrected chi connectivity index (χ0v) is 16.1. The van der Waals surface area contributed by atoms with Gasteiger partial charge in [0.1, 0.15) is 5.75 Å². The number of ether oxygens (including phenoxy) is 1. The fourth-order valence-corrected chi connectivity index (χ4v) is 4.26. The topological polar surface area (TPSA) is 80.1 Å². The number of hydrogen-bond acceptors (Lipinski definition) is 7. The number of aromatic amines is 1. The number of rotatable bonds is 5. The van der Waals surface area contributed by atoms with E-state index in [0.717, 1.165) is 42.2 Å². The highest BCUT2D eigenvalue weighted by Crippen LogP contribution is 2.34. The second-order valence-electron chi connectivity index (χ2n) is 6.72. The Hall–Kier alpha value is -2.97. The molecule has 4 aromatic rings. The first-order valence-electron chi connectivity index (χ1n) is 9.06. The molecule has 1 aliphatic heterocycles. The van der Waals surface area contributed by atoms with E-state index in [-0.39, 0.29) is 6.04 Å². The summed E-state index contributed by atoms with van der Waals surface area (Å²) in [5, 5.41) is 6.31. The lowest BCUT2D eigenvalue weighted by Gasteiger charge is -2.32. The van der Waals surface area contributed by atoms with Crippen molar-refractivity contribution in [3.63, 3.8) is 0 Å². The molecule has 7 nitrogen and oxygen atoms in total. The molecule has 28 heavy (non-hydrogen) atoms. The predicted molar refractivity (Wildman–Crippen MR) is 105 cm³/mol. The first-order valence-corrected chi connectivity index (χ1v) is 9.93. The monoisotopic (exact) mass is 393 g/mol. The smallest absolute Gasteiger partial charge is 0.244 e. The summed E-state index contributed by atoms with van der Waals surface area (Å²) in [6, 6.07) is 11.9. The molecule has 0 saturated carbocycles. The van der Waals surface area contributed by atoms with Crippen LogP contribution < -0.4 is 4.74 Å². The predicted octanol–water partition coefficient (Wildman–Crippen LogP) is 3.83. The van der Waals surface area contributed by atoms with E-state index in [0.29, 0.717) is 11.7 Å². The standard InChI is InChI=1S/C20H19N5O2S/c1-26-14-6-4-13(5-7-14)19-23-20(27-24-19)18-9-16-17(22-12-21-16)11-25(18)10-15-3-2-8-28-15/h2-8,12,18H,9-11H2,1H3,(H,21,22). The highest BCUT2D eigenvalue weighted by molar-refractivity contribution is 7.09. The van der Waals surface area contributed by atoms with Crippen molar-refractivity contribution in [1.82, 2.24) is 25.0 Å². The van der Waals surface area contributed by atoms with E-state index in [4.69, 9.17) is 14.2 Å². The highest BCUT2D eigenvalue weighted by atomic mass is 32.1. The van der Waals surface area contributed by atoms with Gasteiger partial charge < -0.3 is 14.2 Å². The van der Waals surface area contributed by atoms with Crippen LogP contribution in [-0.2, 0) is 19.5 Å². The Morgan fingerprint density at radius 1 is 1.29 bits per heavy atom. The maximum Gasteiger partial charge on any atom is 0.244 e. The number of fused-ring (bicyclic) bond motifs is 1. The Kier molecular flexibility index (Phi) is 4.42. The number of thiophene rings is 1. The number of hydrogen-bond donors (Lipinski definition) is 1. The number of imidazole rings is 1. The van der Waals surface area contributed by atoms with Gasteiger partial charge in [0.2, 0.25) is 11.7 Å². The molecule has 8 heteroatoms. The largest absolute Gasteiger partial charge is 0.497 e. The van der Waals surface area contributed by atoms with Crippen LogP contribution in [0.5, 0.6) is 5.75 Å². The van der Waals surface area contributed by atoms with Gasteiger partial charge in [-0.05, 0) is 35.7 Å². The van der Waals surface area contributed by atoms with E-state index >= 15 is 0 Å². The van der Waals surface area contributed by atoms with Crippen LogP contribution in [0.15, 0.2) is 52.6 Å². The van der Waals surface area contributed by atoms with Crippen LogP contribution in [0.1, 0.15) is 28.2 Å². The fourth-order valence-electron chi connectivity index (χ4n) is 3.53. The summed E-state index contributed by atoms with van der Waals surface area (Å²) in [4.78, 5) is 16.1. The van der Waals surface area contributed by atoms with Crippen molar-refractivity contribution in [2.45, 2.75) is 25.6 Å². The molecule has 0 spiro atoms. The molecule has 1 N–H and O–H groups in total. The molecule has 3 aromatic heterocycles. The van der Waals surface area contributed by atoms with Crippen LogP contribution in [0.25, 0.3) is 11.4 Å². The Morgan fingerprint density at radius 3 is 2.96 bits per heavy atom. The molecule has 142 valence electrons. The van der Waals surface area contributed by atoms with Gasteiger partial charge in [-0.15, -0.1) is 11.3 Å². The Labute approximate surface area is 166 Å². The summed E-state index contributed by atoms with van der Waals surface area (Å²) in [5.74, 6) is 2.01. The minimum absolute atomic E-state index is 0.00241. The zero-order chi connectivity index (χ0) is 18.9. The third-order valence-electron chi connectivity index (χ3n) is 5.01. The van der Waals surface area contributed by atoms with Crippen LogP contribution in [-0.4, -0.2) is 32.1 Å². The average Bonchev–Trinajstić information content (AvgIpc) is 3.49. The van der Waals surface area contributed by atoms with Crippen LogP contribution in [0.2, 0.25) is 0 Å². The summed E-state index contributed by atoms with van der Waals surface area (Å²) in [5.41, 5.74) is 3.12. The molecule has 0 saturated heterocycles. The summed E-state index contributed by atoms with van der Waals surface area (Å²) in [7, 11) is 1.65. The Bertz CT molecular complexity index is 1050. The van der Waals surface area contributed by atoms with Crippen molar-refractivity contribution in [3.05, 3.63) is 70.3 Å². The van der Waals surface area contributed by atoms with Gasteiger partial charge in [-0.3, -0.25) is 4.90 Å². The quantitative estimate of drug-likeness (QED) is 0.555. The van der Waals surface area contributed by atoms with Gasteiger partial charge in [0, 0.05) is 30.0 Å². The second kappa shape index (κ2) is 7.21. The molecular weight excluding hydrogens is 374 g/mol. The second-order valence-corrected chi connectivity index (χ2v) is 7.75. The maximum absolute atomic E-state index is 5.69. The van der Waals surface area contributed by atoms with Crippen LogP contribution in [0, 0.1) is 0 Å². The molecule has 0 fully saturated rings. The molecule has 0 aliphatic carbocycles. The molecule has 0 amide bonds. The molecule has 1 aromatic carbocycles. The van der Waals surface area contributed by atoms with Crippen molar-refractivity contribution in [1.29, 1.82) is 0 Å². The Morgan fingerprint density at radius 2 is 2.18 bits per heavy atom. The van der Waals surface area contributed by atoms with Crippen molar-refractivity contribution in [2.75, 3.05) is 7.11 Å². The molecule has 5 rings (SSSR count). The number of nitrogens with one attached hydrogen (secondary N) is 1. The van der Waals surface area contributed by atoms with Crippen molar-refractivity contribution in [2.24, 2.45) is 0 Å². The summed E-state index contributed by atoms with van der Waals surface area (Å²) < 4.78 is 10.9. The number of H-pyrrole nitrogens is 1. The zero-order valence-electron chi connectivity index (χ0n) is 15.3. The minimum atomic E-state index is -0.00241. The molecule has 0 bridgehead atoms. The SMILES string of the molecule is COc1ccc(-c2noc(C3Cc4nc[nH]c4CN3Cc3cccs3)n2)cc1. The fraction of sp³-hybridized carbons (Fsp3) is 0.250. The van der Waals surface area contributed by atoms with Crippen molar-refractivity contribution >= 4 is 11.3 Å². The summed E-state index contributed by atoms with van der Waals surface area (Å²) in [6.45, 7) is 1.61. The lowest BCUT2D eigenvalue weighted by atomic mass is 10.0. The maximum atomic E-state index is 5.69. The molecule has 0 radical (unpaired) electrons. The summed E-state index contributed by atoms with van der Waals surface area (Å²) in [6.07, 6.45) is 2.50. The third kappa shape index (κ3) is 3.21. The van der Waals surface area contributed by atoms with E-state index < -0.39 is 0 Å². The lowest BCUT2D eigenvalue weighted by Crippen LogP contribution is -2.34. The molecule has 4 heterocycles. The molecule has 1 aliphatic rings. The van der Waals surface area contributed by atoms with Gasteiger partial charge in [0.25, 0.3) is 0 Å². The van der Waals surface area contributed by atoms with E-state index in [1.165, 1.54) is 4.88 Å². The molecular formula is C20H19N5O2S. The van der Waals surface area contributed by atoms with Crippen LogP contribution >= 0.6 is 11.3 Å². The van der Waals surface area contributed by atoms with E-state index in [1.807, 2.05) is 24.3 Å². The van der Waals surface area contributed by atoms with Crippen molar-refractivity contribution < 1.29 is 9.26 Å². The first-order chi connectivity index (χ1) is 13.8. The minimum Gasteiger partial charge on any atom is -0.497 e. The third-order valence-corrected chi connectivity index (χ3v) is 5.87. The van der Waals surface area contributed by atoms with Crippen molar-refractivity contribution in [3.8, 4) is 17.1 Å². The normalized spacial score (nSPS) is 16.8. The summed E-state index contributed by atoms with van der Waals surface area (Å²) >= 11 is 1.76. The van der Waals surface area contributed by atoms with Crippen LogP contribution in [0.4, 0.5) is 0 Å². The molecule has 1 atom stereocenters. The van der Waals surface area contributed by atoms with Gasteiger partial charge in [-0.25, -0.2) is 4.98 Å². The number of benzene rings is 1. The van der Waals surface area contributed by atoms with E-state index in [1.54, 1.807) is 24.8 Å². The first kappa shape index (κ1) is 17.2. The average molecular weight is 393 g/mol. The lowest BCUT2D eigenvalue weighted by molar-refractivity contribution is 0.129. The Balaban J connectivity index is 1.44. The number of methoxy groups -OCH3 is 1. The van der Waals surface area contributed by atoms with Gasteiger partial charge in [0.15, 0.2) is 0 Å². The van der Waals surface area contributed by atoms with Gasteiger partial charge in [-0.1, -0.05) is 11.2 Å². The van der Waals surface area contributed by atoms with Gasteiger partial charge in [0.05, 0.1) is 30.9 Å². The highest BCUT2D eigenvalue weighted by Gasteiger charge is 2.33. The van der Waals surface area contributed by atoms with Gasteiger partial charge >= 0.3 is 0 Å². The number of nitrogens with zero attached hydrogens (tertiary/aromatic N) is 4.